The van der Waals surface area contributed by atoms with Gasteiger partial charge in [-0.3, -0.25) is 0 Å². The van der Waals surface area contributed by atoms with Crippen molar-refractivity contribution in [2.24, 2.45) is 0 Å². The number of fused-ring (bicyclic) bond motifs is 1. The molecule has 0 saturated carbocycles. The number of hydrogen-bond acceptors (Lipinski definition) is 4. The summed E-state index contributed by atoms with van der Waals surface area (Å²) < 4.78 is 39.4. The predicted molar refractivity (Wildman–Crippen MR) is 78.4 cm³/mol. The van der Waals surface area contributed by atoms with Crippen LogP contribution in [0.3, 0.4) is 0 Å². The maximum Gasteiger partial charge on any atom is 0.279 e. The van der Waals surface area contributed by atoms with E-state index in [0.29, 0.717) is 24.6 Å². The van der Waals surface area contributed by atoms with Gasteiger partial charge >= 0.3 is 0 Å². The highest BCUT2D eigenvalue weighted by atomic mass is 32.2. The molecule has 116 valence electrons. The lowest BCUT2D eigenvalue weighted by atomic mass is 10.2. The van der Waals surface area contributed by atoms with Gasteiger partial charge in [0.15, 0.2) is 11.5 Å². The number of benzene rings is 1. The minimum atomic E-state index is -3.41. The molecule has 2 heterocycles. The molecule has 1 saturated heterocycles. The van der Waals surface area contributed by atoms with E-state index in [4.69, 9.17) is 9.47 Å². The first kappa shape index (κ1) is 14.6. The molecule has 1 aromatic carbocycles. The molecular formula is C14H20N2O4S. The highest BCUT2D eigenvalue weighted by molar-refractivity contribution is 7.87. The zero-order valence-corrected chi connectivity index (χ0v) is 12.7. The van der Waals surface area contributed by atoms with Gasteiger partial charge < -0.3 is 9.47 Å². The van der Waals surface area contributed by atoms with E-state index in [2.05, 4.69) is 4.72 Å². The lowest BCUT2D eigenvalue weighted by molar-refractivity contribution is 0.174. The van der Waals surface area contributed by atoms with Crippen molar-refractivity contribution in [2.45, 2.75) is 32.2 Å². The molecular weight excluding hydrogens is 292 g/mol. The molecule has 0 amide bonds. The molecule has 0 spiro atoms. The second-order valence-corrected chi connectivity index (χ2v) is 7.08. The Morgan fingerprint density at radius 1 is 1.05 bits per heavy atom. The SMILES string of the molecule is O=S(=O)(NCc1ccc2c(c1)OCO2)N1CCCCCC1. The average Bonchev–Trinajstić information content (AvgIpc) is 2.76. The van der Waals surface area contributed by atoms with Crippen LogP contribution >= 0.6 is 0 Å². The van der Waals surface area contributed by atoms with Crippen molar-refractivity contribution in [3.63, 3.8) is 0 Å². The molecule has 1 fully saturated rings. The standard InChI is InChI=1S/C14H20N2O4S/c17-21(18,16-7-3-1-2-4-8-16)15-10-12-5-6-13-14(9-12)20-11-19-13/h5-6,9,15H,1-4,7-8,10-11H2. The quantitative estimate of drug-likeness (QED) is 0.917. The van der Waals surface area contributed by atoms with Crippen molar-refractivity contribution in [3.8, 4) is 11.5 Å². The van der Waals surface area contributed by atoms with Gasteiger partial charge in [0.1, 0.15) is 0 Å². The molecule has 0 radical (unpaired) electrons. The van der Waals surface area contributed by atoms with Crippen LogP contribution in [0.5, 0.6) is 11.5 Å². The fourth-order valence-corrected chi connectivity index (χ4v) is 3.87. The molecule has 21 heavy (non-hydrogen) atoms. The Kier molecular flexibility index (Phi) is 4.32. The van der Waals surface area contributed by atoms with E-state index in [9.17, 15) is 8.42 Å². The van der Waals surface area contributed by atoms with Gasteiger partial charge in [-0.1, -0.05) is 18.9 Å². The summed E-state index contributed by atoms with van der Waals surface area (Å²) in [4.78, 5) is 0. The summed E-state index contributed by atoms with van der Waals surface area (Å²) in [6.45, 7) is 1.70. The Labute approximate surface area is 125 Å². The molecule has 1 aromatic rings. The van der Waals surface area contributed by atoms with Crippen molar-refractivity contribution < 1.29 is 17.9 Å². The lowest BCUT2D eigenvalue weighted by Gasteiger charge is -2.20. The van der Waals surface area contributed by atoms with Crippen LogP contribution in [-0.2, 0) is 16.8 Å². The molecule has 0 atom stereocenters. The molecule has 3 rings (SSSR count). The van der Waals surface area contributed by atoms with Crippen LogP contribution in [0.25, 0.3) is 0 Å². The van der Waals surface area contributed by atoms with Gasteiger partial charge in [0.2, 0.25) is 6.79 Å². The number of rotatable bonds is 4. The minimum absolute atomic E-state index is 0.221. The molecule has 0 unspecified atom stereocenters. The first-order valence-electron chi connectivity index (χ1n) is 7.28. The molecule has 2 aliphatic heterocycles. The highest BCUT2D eigenvalue weighted by Gasteiger charge is 2.22. The van der Waals surface area contributed by atoms with E-state index in [1.54, 1.807) is 10.4 Å². The van der Waals surface area contributed by atoms with Crippen LogP contribution in [0.2, 0.25) is 0 Å². The fourth-order valence-electron chi connectivity index (χ4n) is 2.60. The van der Waals surface area contributed by atoms with Crippen LogP contribution in [0, 0.1) is 0 Å². The Morgan fingerprint density at radius 3 is 2.52 bits per heavy atom. The van der Waals surface area contributed by atoms with Gasteiger partial charge in [0.05, 0.1) is 0 Å². The molecule has 0 bridgehead atoms. The monoisotopic (exact) mass is 312 g/mol. The van der Waals surface area contributed by atoms with Crippen molar-refractivity contribution in [1.82, 2.24) is 9.03 Å². The molecule has 0 aliphatic carbocycles. The molecule has 0 aromatic heterocycles. The Balaban J connectivity index is 1.63. The van der Waals surface area contributed by atoms with Crippen LogP contribution in [-0.4, -0.2) is 32.6 Å². The Bertz CT molecular complexity index is 595. The van der Waals surface area contributed by atoms with Crippen LogP contribution < -0.4 is 14.2 Å². The van der Waals surface area contributed by atoms with E-state index in [-0.39, 0.29) is 13.3 Å². The van der Waals surface area contributed by atoms with E-state index in [1.807, 2.05) is 12.1 Å². The summed E-state index contributed by atoms with van der Waals surface area (Å²) in [5, 5.41) is 0. The minimum Gasteiger partial charge on any atom is -0.454 e. The van der Waals surface area contributed by atoms with Crippen molar-refractivity contribution in [2.75, 3.05) is 19.9 Å². The summed E-state index contributed by atoms with van der Waals surface area (Å²) >= 11 is 0. The van der Waals surface area contributed by atoms with Gasteiger partial charge in [-0.15, -0.1) is 0 Å². The Morgan fingerprint density at radius 2 is 1.76 bits per heavy atom. The number of hydrogen-bond donors (Lipinski definition) is 1. The van der Waals surface area contributed by atoms with Gasteiger partial charge in [0, 0.05) is 19.6 Å². The maximum atomic E-state index is 12.3. The summed E-state index contributed by atoms with van der Waals surface area (Å²) in [7, 11) is -3.41. The second-order valence-electron chi connectivity index (χ2n) is 5.33. The van der Waals surface area contributed by atoms with Crippen LogP contribution in [0.4, 0.5) is 0 Å². The normalized spacial score (nSPS) is 19.4. The van der Waals surface area contributed by atoms with Crippen molar-refractivity contribution >= 4 is 10.2 Å². The van der Waals surface area contributed by atoms with Crippen LogP contribution in [0.15, 0.2) is 18.2 Å². The summed E-state index contributed by atoms with van der Waals surface area (Å²) in [5.41, 5.74) is 0.859. The molecule has 7 heteroatoms. The number of ether oxygens (including phenoxy) is 2. The zero-order chi connectivity index (χ0) is 14.7. The molecule has 2 aliphatic rings. The molecule has 6 nitrogen and oxygen atoms in total. The maximum absolute atomic E-state index is 12.3. The zero-order valence-electron chi connectivity index (χ0n) is 11.9. The van der Waals surface area contributed by atoms with Gasteiger partial charge in [-0.2, -0.15) is 17.4 Å². The largest absolute Gasteiger partial charge is 0.454 e. The third-order valence-corrected chi connectivity index (χ3v) is 5.35. The van der Waals surface area contributed by atoms with E-state index >= 15 is 0 Å². The topological polar surface area (TPSA) is 67.9 Å². The van der Waals surface area contributed by atoms with E-state index in [1.165, 1.54) is 0 Å². The van der Waals surface area contributed by atoms with Crippen molar-refractivity contribution in [3.05, 3.63) is 23.8 Å². The second kappa shape index (κ2) is 6.21. The third-order valence-electron chi connectivity index (χ3n) is 3.80. The van der Waals surface area contributed by atoms with Gasteiger partial charge in [0.25, 0.3) is 10.2 Å². The smallest absolute Gasteiger partial charge is 0.279 e. The summed E-state index contributed by atoms with van der Waals surface area (Å²) in [6, 6.07) is 5.46. The average molecular weight is 312 g/mol. The molecule has 1 N–H and O–H groups in total. The first-order chi connectivity index (χ1) is 10.1. The summed E-state index contributed by atoms with van der Waals surface area (Å²) in [5.74, 6) is 1.37. The number of nitrogens with one attached hydrogen (secondary N) is 1. The summed E-state index contributed by atoms with van der Waals surface area (Å²) in [6.07, 6.45) is 4.08. The van der Waals surface area contributed by atoms with E-state index in [0.717, 1.165) is 31.2 Å². The lowest BCUT2D eigenvalue weighted by Crippen LogP contribution is -2.40. The third kappa shape index (κ3) is 3.48. The fraction of sp³-hybridized carbons (Fsp3) is 0.571. The number of nitrogens with zero attached hydrogens (tertiary/aromatic N) is 1. The van der Waals surface area contributed by atoms with Crippen LogP contribution in [0.1, 0.15) is 31.2 Å². The van der Waals surface area contributed by atoms with E-state index < -0.39 is 10.2 Å². The predicted octanol–water partition coefficient (Wildman–Crippen LogP) is 1.63. The van der Waals surface area contributed by atoms with Gasteiger partial charge in [-0.05, 0) is 30.5 Å². The van der Waals surface area contributed by atoms with Gasteiger partial charge in [-0.25, -0.2) is 0 Å². The highest BCUT2D eigenvalue weighted by Crippen LogP contribution is 2.32. The first-order valence-corrected chi connectivity index (χ1v) is 8.72. The van der Waals surface area contributed by atoms with Crippen molar-refractivity contribution in [1.29, 1.82) is 0 Å². The Hall–Kier alpha value is -1.31.